The minimum atomic E-state index is -1.17. The molecule has 0 aliphatic carbocycles. The molecular formula is C12H14N2O3. The fourth-order valence-corrected chi connectivity index (χ4v) is 2.33. The number of aliphatic hydroxyl groups is 3. The Morgan fingerprint density at radius 3 is 2.82 bits per heavy atom. The topological polar surface area (TPSA) is 78.5 Å². The first kappa shape index (κ1) is 10.7. The predicted octanol–water partition coefficient (Wildman–Crippen LogP) is 0.114. The van der Waals surface area contributed by atoms with E-state index in [2.05, 4.69) is 4.98 Å². The molecule has 1 aromatic heterocycles. The molecule has 3 N–H and O–H groups in total. The van der Waals surface area contributed by atoms with Gasteiger partial charge in [-0.2, -0.15) is 0 Å². The minimum Gasteiger partial charge on any atom is -0.388 e. The van der Waals surface area contributed by atoms with Crippen LogP contribution >= 0.6 is 0 Å². The highest BCUT2D eigenvalue weighted by Gasteiger charge is 2.35. The highest BCUT2D eigenvalue weighted by Crippen LogP contribution is 2.29. The molecule has 3 rings (SSSR count). The first-order valence-corrected chi connectivity index (χ1v) is 5.59. The molecule has 5 heteroatoms. The Kier molecular flexibility index (Phi) is 2.22. The molecule has 0 bridgehead atoms. The quantitative estimate of drug-likeness (QED) is 0.604. The SMILES string of the molecule is Cc1ccc2nc3n(c2c1)C[C@@H](O)[C@H](O)[C@H]3O. The van der Waals surface area contributed by atoms with Crippen molar-refractivity contribution in [2.24, 2.45) is 0 Å². The summed E-state index contributed by atoms with van der Waals surface area (Å²) in [4.78, 5) is 4.30. The van der Waals surface area contributed by atoms with E-state index >= 15 is 0 Å². The third kappa shape index (κ3) is 1.47. The van der Waals surface area contributed by atoms with Crippen molar-refractivity contribution in [1.82, 2.24) is 9.55 Å². The normalized spacial score (nSPS) is 28.4. The van der Waals surface area contributed by atoms with E-state index < -0.39 is 18.3 Å². The van der Waals surface area contributed by atoms with Crippen molar-refractivity contribution in [2.45, 2.75) is 31.8 Å². The molecule has 2 heterocycles. The van der Waals surface area contributed by atoms with Crippen LogP contribution in [0.5, 0.6) is 0 Å². The van der Waals surface area contributed by atoms with E-state index in [1.54, 1.807) is 4.57 Å². The molecule has 17 heavy (non-hydrogen) atoms. The first-order chi connectivity index (χ1) is 8.08. The smallest absolute Gasteiger partial charge is 0.141 e. The molecule has 0 spiro atoms. The van der Waals surface area contributed by atoms with Crippen LogP contribution in [0.15, 0.2) is 18.2 Å². The van der Waals surface area contributed by atoms with Crippen LogP contribution in [-0.4, -0.2) is 37.1 Å². The lowest BCUT2D eigenvalue weighted by Crippen LogP contribution is -2.41. The predicted molar refractivity (Wildman–Crippen MR) is 61.4 cm³/mol. The van der Waals surface area contributed by atoms with Gasteiger partial charge in [0.1, 0.15) is 24.1 Å². The second-order valence-corrected chi connectivity index (χ2v) is 4.58. The van der Waals surface area contributed by atoms with E-state index in [9.17, 15) is 15.3 Å². The fraction of sp³-hybridized carbons (Fsp3) is 0.417. The van der Waals surface area contributed by atoms with Crippen molar-refractivity contribution in [3.05, 3.63) is 29.6 Å². The Bertz CT molecular complexity index is 578. The van der Waals surface area contributed by atoms with Gasteiger partial charge in [0, 0.05) is 0 Å². The second-order valence-electron chi connectivity index (χ2n) is 4.58. The number of nitrogens with zero attached hydrogens (tertiary/aromatic N) is 2. The molecule has 1 aliphatic rings. The van der Waals surface area contributed by atoms with Crippen molar-refractivity contribution in [3.8, 4) is 0 Å². The van der Waals surface area contributed by atoms with Gasteiger partial charge in [-0.15, -0.1) is 0 Å². The largest absolute Gasteiger partial charge is 0.388 e. The molecule has 0 unspecified atom stereocenters. The van der Waals surface area contributed by atoms with Gasteiger partial charge >= 0.3 is 0 Å². The summed E-state index contributed by atoms with van der Waals surface area (Å²) in [6.45, 7) is 2.23. The van der Waals surface area contributed by atoms with Crippen LogP contribution in [0.3, 0.4) is 0 Å². The molecule has 90 valence electrons. The lowest BCUT2D eigenvalue weighted by atomic mass is 10.0. The van der Waals surface area contributed by atoms with Crippen LogP contribution in [0.4, 0.5) is 0 Å². The van der Waals surface area contributed by atoms with Gasteiger partial charge in [0.05, 0.1) is 17.6 Å². The maximum Gasteiger partial charge on any atom is 0.141 e. The Morgan fingerprint density at radius 1 is 1.29 bits per heavy atom. The highest BCUT2D eigenvalue weighted by molar-refractivity contribution is 5.77. The van der Waals surface area contributed by atoms with Crippen LogP contribution in [0, 0.1) is 6.92 Å². The van der Waals surface area contributed by atoms with Gasteiger partial charge in [0.2, 0.25) is 0 Å². The van der Waals surface area contributed by atoms with E-state index in [1.165, 1.54) is 0 Å². The van der Waals surface area contributed by atoms with Crippen molar-refractivity contribution >= 4 is 11.0 Å². The molecule has 0 saturated carbocycles. The summed E-state index contributed by atoms with van der Waals surface area (Å²) < 4.78 is 1.77. The van der Waals surface area contributed by atoms with Crippen LogP contribution in [0.25, 0.3) is 11.0 Å². The van der Waals surface area contributed by atoms with E-state index in [4.69, 9.17) is 0 Å². The molecule has 2 aromatic rings. The maximum atomic E-state index is 9.88. The van der Waals surface area contributed by atoms with E-state index in [0.29, 0.717) is 5.82 Å². The Labute approximate surface area is 98.0 Å². The van der Waals surface area contributed by atoms with E-state index in [-0.39, 0.29) is 6.54 Å². The van der Waals surface area contributed by atoms with E-state index in [1.807, 2.05) is 25.1 Å². The number of aliphatic hydroxyl groups excluding tert-OH is 3. The molecule has 0 saturated heterocycles. The summed E-state index contributed by atoms with van der Waals surface area (Å²) in [6.07, 6.45) is -3.26. The molecule has 1 aromatic carbocycles. The molecule has 0 fully saturated rings. The third-order valence-electron chi connectivity index (χ3n) is 3.29. The highest BCUT2D eigenvalue weighted by atomic mass is 16.4. The molecule has 0 amide bonds. The van der Waals surface area contributed by atoms with Gasteiger partial charge in [0.15, 0.2) is 0 Å². The van der Waals surface area contributed by atoms with Gasteiger partial charge in [-0.25, -0.2) is 4.98 Å². The number of aryl methyl sites for hydroxylation is 1. The van der Waals surface area contributed by atoms with Crippen LogP contribution in [0.1, 0.15) is 17.5 Å². The molecular weight excluding hydrogens is 220 g/mol. The number of aromatic nitrogens is 2. The van der Waals surface area contributed by atoms with Crippen molar-refractivity contribution in [1.29, 1.82) is 0 Å². The van der Waals surface area contributed by atoms with Gasteiger partial charge in [-0.1, -0.05) is 6.07 Å². The summed E-state index contributed by atoms with van der Waals surface area (Å²) in [5.74, 6) is 0.420. The van der Waals surface area contributed by atoms with Gasteiger partial charge in [-0.3, -0.25) is 0 Å². The zero-order valence-electron chi connectivity index (χ0n) is 9.41. The van der Waals surface area contributed by atoms with Crippen molar-refractivity contribution in [3.63, 3.8) is 0 Å². The van der Waals surface area contributed by atoms with Crippen LogP contribution < -0.4 is 0 Å². The number of rotatable bonds is 0. The Morgan fingerprint density at radius 2 is 2.06 bits per heavy atom. The monoisotopic (exact) mass is 234 g/mol. The number of hydrogen-bond donors (Lipinski definition) is 3. The average Bonchev–Trinajstić information content (AvgIpc) is 2.65. The zero-order valence-corrected chi connectivity index (χ0v) is 9.41. The van der Waals surface area contributed by atoms with Crippen LogP contribution in [0.2, 0.25) is 0 Å². The summed E-state index contributed by atoms with van der Waals surface area (Å²) in [5.41, 5.74) is 2.74. The van der Waals surface area contributed by atoms with Gasteiger partial charge in [-0.05, 0) is 24.6 Å². The lowest BCUT2D eigenvalue weighted by molar-refractivity contribution is -0.0846. The number of hydrogen-bond acceptors (Lipinski definition) is 4. The molecule has 1 aliphatic heterocycles. The lowest BCUT2D eigenvalue weighted by Gasteiger charge is -2.29. The molecule has 3 atom stereocenters. The summed E-state index contributed by atoms with van der Waals surface area (Å²) in [6, 6.07) is 5.78. The summed E-state index contributed by atoms with van der Waals surface area (Å²) in [7, 11) is 0. The van der Waals surface area contributed by atoms with Gasteiger partial charge in [0.25, 0.3) is 0 Å². The Hall–Kier alpha value is -1.43. The average molecular weight is 234 g/mol. The molecule has 5 nitrogen and oxygen atoms in total. The standard InChI is InChI=1S/C12H14N2O3/c1-6-2-3-7-8(4-6)14-5-9(15)10(16)11(17)12(14)13-7/h2-4,9-11,15-17H,5H2,1H3/t9-,10+,11-/m1/s1. The number of imidazole rings is 1. The number of fused-ring (bicyclic) bond motifs is 3. The second kappa shape index (κ2) is 3.53. The zero-order chi connectivity index (χ0) is 12.2. The van der Waals surface area contributed by atoms with Gasteiger partial charge < -0.3 is 19.9 Å². The first-order valence-electron chi connectivity index (χ1n) is 5.59. The maximum absolute atomic E-state index is 9.88. The van der Waals surface area contributed by atoms with Crippen LogP contribution in [-0.2, 0) is 6.54 Å². The molecule has 0 radical (unpaired) electrons. The Balaban J connectivity index is 2.25. The van der Waals surface area contributed by atoms with Crippen molar-refractivity contribution in [2.75, 3.05) is 0 Å². The summed E-state index contributed by atoms with van der Waals surface area (Å²) in [5, 5.41) is 29.2. The fourth-order valence-electron chi connectivity index (χ4n) is 2.33. The number of benzene rings is 1. The summed E-state index contributed by atoms with van der Waals surface area (Å²) >= 11 is 0. The van der Waals surface area contributed by atoms with Crippen molar-refractivity contribution < 1.29 is 15.3 Å². The third-order valence-corrected chi connectivity index (χ3v) is 3.29. The minimum absolute atomic E-state index is 0.257. The van der Waals surface area contributed by atoms with E-state index in [0.717, 1.165) is 16.6 Å².